The van der Waals surface area contributed by atoms with Gasteiger partial charge in [-0.15, -0.1) is 0 Å². The van der Waals surface area contributed by atoms with Crippen LogP contribution in [0.2, 0.25) is 0 Å². The van der Waals surface area contributed by atoms with Gasteiger partial charge in [0.1, 0.15) is 0 Å². The summed E-state index contributed by atoms with van der Waals surface area (Å²) in [7, 11) is 0. The van der Waals surface area contributed by atoms with Crippen LogP contribution in [0.15, 0.2) is 122 Å². The molecule has 4 heterocycles. The lowest BCUT2D eigenvalue weighted by Gasteiger charge is -2.05. The molecule has 0 aliphatic carbocycles. The molecule has 0 spiro atoms. The number of para-hydroxylation sites is 4. The summed E-state index contributed by atoms with van der Waals surface area (Å²) in [6, 6.07) is 32.4. The Morgan fingerprint density at radius 2 is 1.11 bits per heavy atom. The van der Waals surface area contributed by atoms with Crippen LogP contribution in [0.4, 0.5) is 0 Å². The van der Waals surface area contributed by atoms with E-state index >= 15 is 0 Å². The normalized spacial score (nSPS) is 10.8. The zero-order chi connectivity index (χ0) is 24.2. The minimum absolute atomic E-state index is 1.000. The predicted octanol–water partition coefficient (Wildman–Crippen LogP) is 7.06. The molecular formula is C30H22N6. The molecule has 8 aromatic rings. The molecule has 6 nitrogen and oxygen atoms in total. The standard InChI is InChI=1S/C16H10N2.2C7H6N2/c1-2-6-13-12(4-1)10-18-14-8-7-11-5-3-9-17-16(11)15(13)14;2*1-2-4-7-6(3-1)8-5-9-7/h1-10H;2*1-5H,(H,8,9). The fourth-order valence-electron chi connectivity index (χ4n) is 4.24. The zero-order valence-electron chi connectivity index (χ0n) is 19.3. The molecule has 0 amide bonds. The van der Waals surface area contributed by atoms with Crippen LogP contribution in [0.1, 0.15) is 0 Å². The van der Waals surface area contributed by atoms with E-state index in [0.717, 1.165) is 49.3 Å². The Hall–Kier alpha value is -5.10. The third-order valence-electron chi connectivity index (χ3n) is 5.98. The highest BCUT2D eigenvalue weighted by atomic mass is 14.9. The number of benzene rings is 4. The van der Waals surface area contributed by atoms with E-state index in [4.69, 9.17) is 0 Å². The van der Waals surface area contributed by atoms with E-state index in [0.29, 0.717) is 0 Å². The zero-order valence-corrected chi connectivity index (χ0v) is 19.3. The summed E-state index contributed by atoms with van der Waals surface area (Å²) in [5.41, 5.74) is 6.27. The monoisotopic (exact) mass is 466 g/mol. The molecule has 0 aliphatic heterocycles. The van der Waals surface area contributed by atoms with Crippen LogP contribution in [0.25, 0.3) is 54.6 Å². The van der Waals surface area contributed by atoms with Gasteiger partial charge in [-0.25, -0.2) is 9.97 Å². The van der Waals surface area contributed by atoms with Crippen LogP contribution in [-0.4, -0.2) is 29.9 Å². The molecule has 0 bridgehead atoms. The number of fused-ring (bicyclic) bond motifs is 7. The van der Waals surface area contributed by atoms with Gasteiger partial charge in [0.25, 0.3) is 0 Å². The summed E-state index contributed by atoms with van der Waals surface area (Å²) >= 11 is 0. The van der Waals surface area contributed by atoms with Gasteiger partial charge >= 0.3 is 0 Å². The third-order valence-corrected chi connectivity index (χ3v) is 5.98. The van der Waals surface area contributed by atoms with Crippen LogP contribution < -0.4 is 0 Å². The molecule has 172 valence electrons. The van der Waals surface area contributed by atoms with Gasteiger partial charge in [-0.3, -0.25) is 9.97 Å². The lowest BCUT2D eigenvalue weighted by molar-refractivity contribution is 1.34. The molecule has 8 rings (SSSR count). The molecule has 4 aromatic carbocycles. The molecule has 6 heteroatoms. The highest BCUT2D eigenvalue weighted by molar-refractivity contribution is 6.17. The topological polar surface area (TPSA) is 83.1 Å². The SMILES string of the molecule is c1ccc2[nH]cnc2c1.c1ccc2[nH]cnc2c1.c1ccc2c(c1)cnc1ccc3cccnc3c12. The molecule has 0 aliphatic rings. The van der Waals surface area contributed by atoms with Gasteiger partial charge in [-0.1, -0.05) is 60.7 Å². The predicted molar refractivity (Wildman–Crippen MR) is 147 cm³/mol. The number of H-pyrrole nitrogens is 2. The second-order valence-corrected chi connectivity index (χ2v) is 8.22. The third kappa shape index (κ3) is 4.23. The quantitative estimate of drug-likeness (QED) is 0.234. The first-order valence-electron chi connectivity index (χ1n) is 11.6. The first-order chi connectivity index (χ1) is 17.9. The number of rotatable bonds is 0. The number of aromatic amines is 2. The lowest BCUT2D eigenvalue weighted by atomic mass is 10.0. The Morgan fingerprint density at radius 3 is 1.83 bits per heavy atom. The molecule has 0 radical (unpaired) electrons. The molecule has 0 unspecified atom stereocenters. The molecule has 4 aromatic heterocycles. The molecule has 36 heavy (non-hydrogen) atoms. The van der Waals surface area contributed by atoms with E-state index in [1.54, 1.807) is 12.7 Å². The van der Waals surface area contributed by atoms with Gasteiger partial charge in [0.2, 0.25) is 0 Å². The first-order valence-corrected chi connectivity index (χ1v) is 11.6. The molecule has 2 N–H and O–H groups in total. The summed E-state index contributed by atoms with van der Waals surface area (Å²) < 4.78 is 0. The number of hydrogen-bond donors (Lipinski definition) is 2. The average molecular weight is 467 g/mol. The van der Waals surface area contributed by atoms with E-state index in [2.05, 4.69) is 66.3 Å². The van der Waals surface area contributed by atoms with Crippen molar-refractivity contribution in [1.29, 1.82) is 0 Å². The van der Waals surface area contributed by atoms with Crippen molar-refractivity contribution >= 4 is 54.6 Å². The highest BCUT2D eigenvalue weighted by Crippen LogP contribution is 2.29. The van der Waals surface area contributed by atoms with Gasteiger partial charge in [-0.05, 0) is 41.8 Å². The Labute approximate surface area is 206 Å². The van der Waals surface area contributed by atoms with Crippen molar-refractivity contribution < 1.29 is 0 Å². The summed E-state index contributed by atoms with van der Waals surface area (Å²) in [4.78, 5) is 23.2. The van der Waals surface area contributed by atoms with E-state index in [1.165, 1.54) is 5.39 Å². The summed E-state index contributed by atoms with van der Waals surface area (Å²) in [6.07, 6.45) is 7.16. The van der Waals surface area contributed by atoms with Gasteiger partial charge in [0, 0.05) is 28.6 Å². The number of nitrogens with zero attached hydrogens (tertiary/aromatic N) is 4. The van der Waals surface area contributed by atoms with Crippen molar-refractivity contribution in [2.75, 3.05) is 0 Å². The molecule has 0 saturated heterocycles. The van der Waals surface area contributed by atoms with Crippen LogP contribution in [0, 0.1) is 0 Å². The Bertz CT molecular complexity index is 1720. The fraction of sp³-hybridized carbons (Fsp3) is 0. The van der Waals surface area contributed by atoms with Crippen molar-refractivity contribution in [2.24, 2.45) is 0 Å². The van der Waals surface area contributed by atoms with Crippen molar-refractivity contribution in [2.45, 2.75) is 0 Å². The Morgan fingerprint density at radius 1 is 0.472 bits per heavy atom. The van der Waals surface area contributed by atoms with Crippen LogP contribution in [-0.2, 0) is 0 Å². The van der Waals surface area contributed by atoms with Gasteiger partial charge in [0.05, 0.1) is 45.8 Å². The Balaban J connectivity index is 0.000000112. The summed E-state index contributed by atoms with van der Waals surface area (Å²) in [5, 5.41) is 4.67. The number of imidazole rings is 2. The average Bonchev–Trinajstić information content (AvgIpc) is 3.63. The number of aromatic nitrogens is 6. The van der Waals surface area contributed by atoms with E-state index in [1.807, 2.05) is 73.1 Å². The van der Waals surface area contributed by atoms with Crippen LogP contribution in [0.3, 0.4) is 0 Å². The summed E-state index contributed by atoms with van der Waals surface area (Å²) in [6.45, 7) is 0. The molecule has 0 atom stereocenters. The lowest BCUT2D eigenvalue weighted by Crippen LogP contribution is -1.85. The number of pyridine rings is 2. The Kier molecular flexibility index (Phi) is 5.74. The second-order valence-electron chi connectivity index (χ2n) is 8.22. The number of hydrogen-bond acceptors (Lipinski definition) is 4. The molecule has 0 saturated carbocycles. The molecular weight excluding hydrogens is 444 g/mol. The molecule has 0 fully saturated rings. The van der Waals surface area contributed by atoms with Crippen LogP contribution >= 0.6 is 0 Å². The van der Waals surface area contributed by atoms with Gasteiger partial charge in [-0.2, -0.15) is 0 Å². The second kappa shape index (κ2) is 9.64. The minimum atomic E-state index is 1.000. The maximum Gasteiger partial charge on any atom is 0.0931 e. The first kappa shape index (κ1) is 21.4. The van der Waals surface area contributed by atoms with Gasteiger partial charge < -0.3 is 9.97 Å². The van der Waals surface area contributed by atoms with Crippen molar-refractivity contribution in [1.82, 2.24) is 29.9 Å². The van der Waals surface area contributed by atoms with E-state index in [-0.39, 0.29) is 0 Å². The maximum atomic E-state index is 4.52. The number of nitrogens with one attached hydrogen (secondary N) is 2. The highest BCUT2D eigenvalue weighted by Gasteiger charge is 2.06. The van der Waals surface area contributed by atoms with Crippen molar-refractivity contribution in [3.05, 3.63) is 122 Å². The van der Waals surface area contributed by atoms with Gasteiger partial charge in [0.15, 0.2) is 0 Å². The fourth-order valence-corrected chi connectivity index (χ4v) is 4.24. The summed E-state index contributed by atoms with van der Waals surface area (Å²) in [5.74, 6) is 0. The smallest absolute Gasteiger partial charge is 0.0931 e. The largest absolute Gasteiger partial charge is 0.345 e. The van der Waals surface area contributed by atoms with E-state index in [9.17, 15) is 0 Å². The minimum Gasteiger partial charge on any atom is -0.345 e. The van der Waals surface area contributed by atoms with Crippen molar-refractivity contribution in [3.8, 4) is 0 Å². The van der Waals surface area contributed by atoms with E-state index < -0.39 is 0 Å². The van der Waals surface area contributed by atoms with Crippen molar-refractivity contribution in [3.63, 3.8) is 0 Å². The maximum absolute atomic E-state index is 4.52. The van der Waals surface area contributed by atoms with Crippen LogP contribution in [0.5, 0.6) is 0 Å².